The highest BCUT2D eigenvalue weighted by Crippen LogP contribution is 2.24. The van der Waals surface area contributed by atoms with E-state index in [1.807, 2.05) is 10.7 Å². The van der Waals surface area contributed by atoms with Gasteiger partial charge in [-0.05, 0) is 23.8 Å². The van der Waals surface area contributed by atoms with Crippen molar-refractivity contribution < 1.29 is 13.6 Å². The van der Waals surface area contributed by atoms with Gasteiger partial charge in [-0.2, -0.15) is 5.10 Å². The highest BCUT2D eigenvalue weighted by molar-refractivity contribution is 5.76. The minimum absolute atomic E-state index is 0.0499. The van der Waals surface area contributed by atoms with Crippen LogP contribution in [0.4, 0.5) is 8.78 Å². The third-order valence-electron chi connectivity index (χ3n) is 4.04. The van der Waals surface area contributed by atoms with E-state index >= 15 is 0 Å². The van der Waals surface area contributed by atoms with Gasteiger partial charge in [-0.3, -0.25) is 14.4 Å². The van der Waals surface area contributed by atoms with Gasteiger partial charge >= 0.3 is 0 Å². The number of halogens is 2. The fourth-order valence-corrected chi connectivity index (χ4v) is 2.95. The average Bonchev–Trinajstić information content (AvgIpc) is 2.99. The van der Waals surface area contributed by atoms with Crippen LogP contribution < -0.4 is 5.32 Å². The summed E-state index contributed by atoms with van der Waals surface area (Å²) in [7, 11) is 1.61. The van der Waals surface area contributed by atoms with Crippen LogP contribution in [0.15, 0.2) is 30.5 Å². The molecule has 0 bridgehead atoms. The van der Waals surface area contributed by atoms with Crippen molar-refractivity contribution in [2.45, 2.75) is 25.6 Å². The number of benzene rings is 1. The standard InChI is InChI=1S/C16H18F2N4O/c1-19-16(23)7-13-10-21(9-12-4-5-20-22(12)13)8-11-2-3-14(17)15(18)6-11/h2-6,13H,7-10H2,1H3,(H,19,23)/t13-/m0/s1. The second-order valence-corrected chi connectivity index (χ2v) is 5.72. The van der Waals surface area contributed by atoms with Crippen molar-refractivity contribution >= 4 is 5.91 Å². The van der Waals surface area contributed by atoms with E-state index in [9.17, 15) is 13.6 Å². The first-order valence-corrected chi connectivity index (χ1v) is 7.46. The fourth-order valence-electron chi connectivity index (χ4n) is 2.95. The SMILES string of the molecule is CNC(=O)C[C@H]1CN(Cc2ccc(F)c(F)c2)Cc2ccnn21. The molecule has 0 saturated carbocycles. The molecule has 7 heteroatoms. The Labute approximate surface area is 132 Å². The number of hydrogen-bond donors (Lipinski definition) is 1. The molecule has 23 heavy (non-hydrogen) atoms. The maximum atomic E-state index is 13.4. The Morgan fingerprint density at radius 3 is 2.91 bits per heavy atom. The lowest BCUT2D eigenvalue weighted by Gasteiger charge is -2.33. The van der Waals surface area contributed by atoms with E-state index in [1.54, 1.807) is 19.3 Å². The van der Waals surface area contributed by atoms with Gasteiger partial charge in [-0.25, -0.2) is 8.78 Å². The minimum Gasteiger partial charge on any atom is -0.359 e. The van der Waals surface area contributed by atoms with Crippen LogP contribution in [0.25, 0.3) is 0 Å². The molecule has 0 aliphatic carbocycles. The molecule has 1 aliphatic rings. The van der Waals surface area contributed by atoms with Crippen LogP contribution in [0.3, 0.4) is 0 Å². The number of nitrogens with one attached hydrogen (secondary N) is 1. The van der Waals surface area contributed by atoms with Crippen LogP contribution in [0.2, 0.25) is 0 Å². The summed E-state index contributed by atoms with van der Waals surface area (Å²) < 4.78 is 28.3. The van der Waals surface area contributed by atoms with Crippen LogP contribution in [-0.2, 0) is 17.9 Å². The van der Waals surface area contributed by atoms with Gasteiger partial charge < -0.3 is 5.32 Å². The van der Waals surface area contributed by atoms with E-state index in [0.717, 1.165) is 11.8 Å². The molecule has 122 valence electrons. The predicted molar refractivity (Wildman–Crippen MR) is 80.4 cm³/mol. The molecule has 5 nitrogen and oxygen atoms in total. The lowest BCUT2D eigenvalue weighted by Crippen LogP contribution is -2.39. The number of nitrogens with zero attached hydrogens (tertiary/aromatic N) is 3. The Bertz CT molecular complexity index is 716. The maximum Gasteiger partial charge on any atom is 0.221 e. The molecule has 0 radical (unpaired) electrons. The third-order valence-corrected chi connectivity index (χ3v) is 4.04. The van der Waals surface area contributed by atoms with Gasteiger partial charge in [0.2, 0.25) is 5.91 Å². The molecule has 1 aliphatic heterocycles. The number of amides is 1. The van der Waals surface area contributed by atoms with Crippen LogP contribution in [0.5, 0.6) is 0 Å². The number of carbonyl (C=O) groups is 1. The smallest absolute Gasteiger partial charge is 0.221 e. The molecule has 0 saturated heterocycles. The summed E-state index contributed by atoms with van der Waals surface area (Å²) in [6.45, 7) is 1.77. The molecule has 1 N–H and O–H groups in total. The fraction of sp³-hybridized carbons (Fsp3) is 0.375. The van der Waals surface area contributed by atoms with Gasteiger partial charge in [-0.15, -0.1) is 0 Å². The number of fused-ring (bicyclic) bond motifs is 1. The van der Waals surface area contributed by atoms with Crippen LogP contribution in [0, 0.1) is 11.6 Å². The maximum absolute atomic E-state index is 13.4. The Kier molecular flexibility index (Phi) is 4.38. The van der Waals surface area contributed by atoms with Crippen molar-refractivity contribution in [2.24, 2.45) is 0 Å². The first kappa shape index (κ1) is 15.6. The number of aromatic nitrogens is 2. The van der Waals surface area contributed by atoms with Crippen molar-refractivity contribution in [1.29, 1.82) is 0 Å². The zero-order chi connectivity index (χ0) is 16.4. The highest BCUT2D eigenvalue weighted by Gasteiger charge is 2.27. The first-order chi connectivity index (χ1) is 11.1. The quantitative estimate of drug-likeness (QED) is 0.935. The zero-order valence-electron chi connectivity index (χ0n) is 12.8. The molecule has 2 aromatic rings. The van der Waals surface area contributed by atoms with E-state index in [1.165, 1.54) is 6.07 Å². The Morgan fingerprint density at radius 2 is 2.17 bits per heavy atom. The van der Waals surface area contributed by atoms with E-state index in [-0.39, 0.29) is 11.9 Å². The second-order valence-electron chi connectivity index (χ2n) is 5.72. The van der Waals surface area contributed by atoms with Gasteiger partial charge in [0.15, 0.2) is 11.6 Å². The summed E-state index contributed by atoms with van der Waals surface area (Å²) in [6.07, 6.45) is 2.05. The third kappa shape index (κ3) is 3.39. The summed E-state index contributed by atoms with van der Waals surface area (Å²) >= 11 is 0. The Hall–Kier alpha value is -2.28. The lowest BCUT2D eigenvalue weighted by atomic mass is 10.1. The molecule has 3 rings (SSSR count). The summed E-state index contributed by atoms with van der Waals surface area (Å²) in [5, 5.41) is 6.92. The predicted octanol–water partition coefficient (Wildman–Crippen LogP) is 1.85. The molecular formula is C16H18F2N4O. The van der Waals surface area contributed by atoms with Gasteiger partial charge in [0.25, 0.3) is 0 Å². The molecule has 1 amide bonds. The van der Waals surface area contributed by atoms with Gasteiger partial charge in [0.05, 0.1) is 18.2 Å². The molecule has 0 spiro atoms. The van der Waals surface area contributed by atoms with Gasteiger partial charge in [0.1, 0.15) is 0 Å². The van der Waals surface area contributed by atoms with E-state index in [2.05, 4.69) is 15.3 Å². The van der Waals surface area contributed by atoms with Crippen molar-refractivity contribution in [1.82, 2.24) is 20.0 Å². The van der Waals surface area contributed by atoms with Gasteiger partial charge in [-0.1, -0.05) is 6.07 Å². The van der Waals surface area contributed by atoms with Crippen molar-refractivity contribution in [2.75, 3.05) is 13.6 Å². The van der Waals surface area contributed by atoms with E-state index < -0.39 is 11.6 Å². The zero-order valence-corrected chi connectivity index (χ0v) is 12.8. The Balaban J connectivity index is 1.76. The minimum atomic E-state index is -0.844. The molecule has 0 unspecified atom stereocenters. The second kappa shape index (κ2) is 6.45. The largest absolute Gasteiger partial charge is 0.359 e. The van der Waals surface area contributed by atoms with Crippen LogP contribution in [-0.4, -0.2) is 34.2 Å². The van der Waals surface area contributed by atoms with Gasteiger partial charge in [0, 0.05) is 32.9 Å². The molecular weight excluding hydrogens is 302 g/mol. The van der Waals surface area contributed by atoms with E-state index in [4.69, 9.17) is 0 Å². The average molecular weight is 320 g/mol. The summed E-state index contributed by atoms with van der Waals surface area (Å²) in [5.74, 6) is -1.74. The lowest BCUT2D eigenvalue weighted by molar-refractivity contribution is -0.121. The Morgan fingerprint density at radius 1 is 1.35 bits per heavy atom. The van der Waals surface area contributed by atoms with E-state index in [0.29, 0.717) is 31.6 Å². The molecule has 1 atom stereocenters. The van der Waals surface area contributed by atoms with Crippen molar-refractivity contribution in [3.8, 4) is 0 Å². The first-order valence-electron chi connectivity index (χ1n) is 7.46. The normalized spacial score (nSPS) is 17.8. The van der Waals surface area contributed by atoms with Crippen molar-refractivity contribution in [3.63, 3.8) is 0 Å². The monoisotopic (exact) mass is 320 g/mol. The number of hydrogen-bond acceptors (Lipinski definition) is 3. The van der Waals surface area contributed by atoms with Crippen LogP contribution >= 0.6 is 0 Å². The summed E-state index contributed by atoms with van der Waals surface area (Å²) in [6, 6.07) is 5.78. The van der Waals surface area contributed by atoms with Crippen LogP contribution in [0.1, 0.15) is 23.7 Å². The topological polar surface area (TPSA) is 50.2 Å². The number of carbonyl (C=O) groups excluding carboxylic acids is 1. The molecule has 1 aromatic carbocycles. The highest BCUT2D eigenvalue weighted by atomic mass is 19.2. The molecule has 2 heterocycles. The molecule has 1 aromatic heterocycles. The number of rotatable bonds is 4. The molecule has 0 fully saturated rings. The van der Waals surface area contributed by atoms with Crippen molar-refractivity contribution in [3.05, 3.63) is 53.4 Å². The summed E-state index contributed by atoms with van der Waals surface area (Å²) in [5.41, 5.74) is 1.71. The summed E-state index contributed by atoms with van der Waals surface area (Å²) in [4.78, 5) is 13.8.